The molecule has 0 aliphatic carbocycles. The Balaban J connectivity index is 1.42. The van der Waals surface area contributed by atoms with Gasteiger partial charge in [-0.25, -0.2) is 14.6 Å². The van der Waals surface area contributed by atoms with Crippen LogP contribution in [0.2, 0.25) is 10.0 Å². The van der Waals surface area contributed by atoms with Crippen LogP contribution in [0, 0.1) is 11.8 Å². The van der Waals surface area contributed by atoms with Crippen molar-refractivity contribution in [3.8, 4) is 0 Å². The highest BCUT2D eigenvalue weighted by molar-refractivity contribution is 6.35. The molecule has 0 amide bonds. The first-order valence-electron chi connectivity index (χ1n) is 12.0. The Labute approximate surface area is 216 Å². The van der Waals surface area contributed by atoms with Crippen molar-refractivity contribution in [1.82, 2.24) is 24.6 Å². The van der Waals surface area contributed by atoms with E-state index in [0.717, 1.165) is 39.0 Å². The summed E-state index contributed by atoms with van der Waals surface area (Å²) in [5.74, 6) is 1.55. The molecule has 194 valence electrons. The lowest BCUT2D eigenvalue weighted by Gasteiger charge is -2.47. The number of aliphatic hydroxyl groups excluding tert-OH is 1. The predicted molar refractivity (Wildman–Crippen MR) is 133 cm³/mol. The smallest absolute Gasteiger partial charge is 0.395 e. The standard InChI is InChI=1S/C24H27Cl2F3N6O/c1-14(18-5-4-17(25)9-19(18)26)35-23-21(22(32-35)24(27,28)29)30-10-20(31-23)34-12-16(13-34)15-3-2-6-33(11-15)7-8-36/h4-5,9-10,14-16,36H,2-3,6-8,11-13H2,1H3/t14-,15+/m1/s1. The monoisotopic (exact) mass is 542 g/mol. The van der Waals surface area contributed by atoms with E-state index in [1.165, 1.54) is 10.9 Å². The quantitative estimate of drug-likeness (QED) is 0.477. The van der Waals surface area contributed by atoms with E-state index in [-0.39, 0.29) is 17.8 Å². The summed E-state index contributed by atoms with van der Waals surface area (Å²) in [5, 5.41) is 13.9. The van der Waals surface area contributed by atoms with Gasteiger partial charge in [-0.2, -0.15) is 18.3 Å². The zero-order valence-corrected chi connectivity index (χ0v) is 21.2. The summed E-state index contributed by atoms with van der Waals surface area (Å²) >= 11 is 12.3. The van der Waals surface area contributed by atoms with Crippen LogP contribution in [-0.4, -0.2) is 69.1 Å². The van der Waals surface area contributed by atoms with Crippen molar-refractivity contribution in [2.45, 2.75) is 32.0 Å². The lowest BCUT2D eigenvalue weighted by molar-refractivity contribution is -0.140. The van der Waals surface area contributed by atoms with E-state index < -0.39 is 17.9 Å². The average molecular weight is 543 g/mol. The van der Waals surface area contributed by atoms with Crippen molar-refractivity contribution in [3.63, 3.8) is 0 Å². The van der Waals surface area contributed by atoms with Gasteiger partial charge in [-0.05, 0) is 55.8 Å². The number of piperidine rings is 1. The number of anilines is 1. The van der Waals surface area contributed by atoms with Gasteiger partial charge in [0.05, 0.1) is 18.8 Å². The number of likely N-dealkylation sites (tertiary alicyclic amines) is 1. The van der Waals surface area contributed by atoms with Crippen LogP contribution in [0.3, 0.4) is 0 Å². The van der Waals surface area contributed by atoms with Gasteiger partial charge in [0.1, 0.15) is 11.3 Å². The van der Waals surface area contributed by atoms with E-state index in [1.807, 2.05) is 4.90 Å². The van der Waals surface area contributed by atoms with Gasteiger partial charge in [-0.15, -0.1) is 0 Å². The molecule has 3 aromatic rings. The zero-order chi connectivity index (χ0) is 25.6. The second-order valence-electron chi connectivity index (χ2n) is 9.62. The van der Waals surface area contributed by atoms with E-state index >= 15 is 0 Å². The number of alkyl halides is 3. The fourth-order valence-corrected chi connectivity index (χ4v) is 5.87. The van der Waals surface area contributed by atoms with Gasteiger partial charge in [0.2, 0.25) is 0 Å². The number of benzene rings is 1. The first kappa shape index (κ1) is 25.5. The normalized spacial score (nSPS) is 20.6. The highest BCUT2D eigenvalue weighted by Gasteiger charge is 2.40. The third-order valence-electron chi connectivity index (χ3n) is 7.30. The molecule has 0 unspecified atom stereocenters. The molecule has 2 aliphatic rings. The molecule has 2 fully saturated rings. The summed E-state index contributed by atoms with van der Waals surface area (Å²) in [6, 6.07) is 4.24. The number of hydrogen-bond acceptors (Lipinski definition) is 6. The molecule has 4 heterocycles. The molecule has 0 saturated carbocycles. The van der Waals surface area contributed by atoms with Crippen molar-refractivity contribution >= 4 is 40.2 Å². The number of fused-ring (bicyclic) bond motifs is 1. The van der Waals surface area contributed by atoms with Gasteiger partial charge in [-0.3, -0.25) is 0 Å². The summed E-state index contributed by atoms with van der Waals surface area (Å²) in [6.45, 7) is 6.09. The van der Waals surface area contributed by atoms with Crippen LogP contribution >= 0.6 is 23.2 Å². The highest BCUT2D eigenvalue weighted by Crippen LogP contribution is 2.38. The molecule has 1 N–H and O–H groups in total. The molecular formula is C24H27Cl2F3N6O. The molecule has 0 bridgehead atoms. The molecular weight excluding hydrogens is 516 g/mol. The largest absolute Gasteiger partial charge is 0.437 e. The van der Waals surface area contributed by atoms with Gasteiger partial charge >= 0.3 is 6.18 Å². The molecule has 12 heteroatoms. The number of aliphatic hydroxyl groups is 1. The van der Waals surface area contributed by atoms with E-state index in [1.54, 1.807) is 25.1 Å². The van der Waals surface area contributed by atoms with Gasteiger partial charge in [-0.1, -0.05) is 29.3 Å². The molecule has 2 aromatic heterocycles. The third-order valence-corrected chi connectivity index (χ3v) is 7.86. The van der Waals surface area contributed by atoms with Crippen molar-refractivity contribution in [3.05, 3.63) is 45.7 Å². The van der Waals surface area contributed by atoms with Crippen LogP contribution in [0.1, 0.15) is 37.1 Å². The van der Waals surface area contributed by atoms with Crippen LogP contribution in [0.4, 0.5) is 19.0 Å². The Morgan fingerprint density at radius 1 is 1.17 bits per heavy atom. The molecule has 5 rings (SSSR count). The fraction of sp³-hybridized carbons (Fsp3) is 0.542. The topological polar surface area (TPSA) is 70.3 Å². The van der Waals surface area contributed by atoms with Crippen molar-refractivity contribution in [2.24, 2.45) is 11.8 Å². The maximum absolute atomic E-state index is 13.8. The van der Waals surface area contributed by atoms with Gasteiger partial charge in [0, 0.05) is 36.2 Å². The van der Waals surface area contributed by atoms with Crippen molar-refractivity contribution in [2.75, 3.05) is 44.2 Å². The van der Waals surface area contributed by atoms with E-state index in [9.17, 15) is 18.3 Å². The molecule has 0 spiro atoms. The predicted octanol–water partition coefficient (Wildman–Crippen LogP) is 4.90. The number of β-amino-alcohol motifs (C(OH)–C–C–N with tert-alkyl or cyclic N) is 1. The van der Waals surface area contributed by atoms with Gasteiger partial charge < -0.3 is 14.9 Å². The SMILES string of the molecule is C[C@H](c1ccc(Cl)cc1Cl)n1nc(C(F)(F)F)c2ncc(N3CC([C@H]4CCCN(CCO)C4)C3)nc21. The summed E-state index contributed by atoms with van der Waals surface area (Å²) in [5.41, 5.74) is -0.706. The molecule has 2 aliphatic heterocycles. The van der Waals surface area contributed by atoms with Crippen molar-refractivity contribution < 1.29 is 18.3 Å². The molecule has 0 radical (unpaired) electrons. The minimum absolute atomic E-state index is 0.0635. The Hall–Kier alpha value is -2.14. The summed E-state index contributed by atoms with van der Waals surface area (Å²) in [7, 11) is 0. The van der Waals surface area contributed by atoms with E-state index in [0.29, 0.717) is 39.8 Å². The molecule has 2 atom stereocenters. The third kappa shape index (κ3) is 4.88. The van der Waals surface area contributed by atoms with E-state index in [4.69, 9.17) is 23.2 Å². The lowest BCUT2D eigenvalue weighted by Crippen LogP contribution is -2.54. The van der Waals surface area contributed by atoms with Gasteiger partial charge in [0.25, 0.3) is 0 Å². The highest BCUT2D eigenvalue weighted by atomic mass is 35.5. The minimum Gasteiger partial charge on any atom is -0.395 e. The number of nitrogens with zero attached hydrogens (tertiary/aromatic N) is 6. The number of halogens is 5. The van der Waals surface area contributed by atoms with Crippen molar-refractivity contribution in [1.29, 1.82) is 0 Å². The molecule has 2 saturated heterocycles. The molecule has 36 heavy (non-hydrogen) atoms. The number of rotatable bonds is 6. The Kier molecular flexibility index (Phi) is 7.06. The maximum atomic E-state index is 13.8. The van der Waals surface area contributed by atoms with Crippen LogP contribution in [0.15, 0.2) is 24.4 Å². The zero-order valence-electron chi connectivity index (χ0n) is 19.7. The maximum Gasteiger partial charge on any atom is 0.437 e. The number of aromatic nitrogens is 4. The summed E-state index contributed by atoms with van der Waals surface area (Å²) < 4.78 is 42.6. The Morgan fingerprint density at radius 3 is 2.64 bits per heavy atom. The van der Waals surface area contributed by atoms with Crippen LogP contribution in [0.25, 0.3) is 11.2 Å². The average Bonchev–Trinajstić information content (AvgIpc) is 3.18. The first-order chi connectivity index (χ1) is 17.2. The van der Waals surface area contributed by atoms with Crippen LogP contribution in [-0.2, 0) is 6.18 Å². The Bertz CT molecular complexity index is 1240. The molecule has 7 nitrogen and oxygen atoms in total. The number of hydrogen-bond donors (Lipinski definition) is 1. The summed E-state index contributed by atoms with van der Waals surface area (Å²) in [4.78, 5) is 13.1. The van der Waals surface area contributed by atoms with Crippen LogP contribution < -0.4 is 4.90 Å². The second-order valence-corrected chi connectivity index (χ2v) is 10.5. The van der Waals surface area contributed by atoms with E-state index in [2.05, 4.69) is 20.0 Å². The van der Waals surface area contributed by atoms with Gasteiger partial charge in [0.15, 0.2) is 11.3 Å². The fourth-order valence-electron chi connectivity index (χ4n) is 5.30. The lowest BCUT2D eigenvalue weighted by atomic mass is 9.80. The summed E-state index contributed by atoms with van der Waals surface area (Å²) in [6.07, 6.45) is -1.02. The second kappa shape index (κ2) is 9.96. The first-order valence-corrected chi connectivity index (χ1v) is 12.8. The molecule has 1 aromatic carbocycles. The van der Waals surface area contributed by atoms with Crippen LogP contribution in [0.5, 0.6) is 0 Å². The Morgan fingerprint density at radius 2 is 1.94 bits per heavy atom. The minimum atomic E-state index is -4.67.